The van der Waals surface area contributed by atoms with Crippen molar-refractivity contribution in [2.24, 2.45) is 11.7 Å². The summed E-state index contributed by atoms with van der Waals surface area (Å²) >= 11 is 0. The molecule has 1 aliphatic rings. The molecule has 0 atom stereocenters. The predicted octanol–water partition coefficient (Wildman–Crippen LogP) is 2.11. The predicted molar refractivity (Wildman–Crippen MR) is 91.1 cm³/mol. The highest BCUT2D eigenvalue weighted by atomic mass is 16.5. The highest BCUT2D eigenvalue weighted by Gasteiger charge is 2.28. The highest BCUT2D eigenvalue weighted by Crippen LogP contribution is 2.43. The molecule has 1 aromatic heterocycles. The number of aryl methyl sites for hydroxylation is 1. The number of pyridine rings is 1. The topological polar surface area (TPSA) is 106 Å². The molecule has 1 aromatic carbocycles. The molecule has 3 rings (SSSR count). The summed E-state index contributed by atoms with van der Waals surface area (Å²) in [5.41, 5.74) is 5.54. The normalized spacial score (nSPS) is 13.5. The second kappa shape index (κ2) is 6.86. The maximum atomic E-state index is 11.8. The van der Waals surface area contributed by atoms with Gasteiger partial charge in [0.1, 0.15) is 6.61 Å². The van der Waals surface area contributed by atoms with E-state index in [1.807, 2.05) is 30.5 Å². The van der Waals surface area contributed by atoms with E-state index in [-0.39, 0.29) is 6.61 Å². The number of ether oxygens (including phenoxy) is 1. The molecule has 0 spiro atoms. The Hall–Kier alpha value is -2.64. The van der Waals surface area contributed by atoms with Crippen molar-refractivity contribution in [2.45, 2.75) is 32.3 Å². The van der Waals surface area contributed by atoms with Gasteiger partial charge in [-0.25, -0.2) is 26.5 Å². The summed E-state index contributed by atoms with van der Waals surface area (Å²) in [7, 11) is 0. The van der Waals surface area contributed by atoms with Crippen molar-refractivity contribution in [1.29, 1.82) is 0 Å². The lowest BCUT2D eigenvalue weighted by molar-refractivity contribution is 0.246. The lowest BCUT2D eigenvalue weighted by Gasteiger charge is -2.22. The van der Waals surface area contributed by atoms with Crippen molar-refractivity contribution in [1.82, 2.24) is 10.4 Å². The number of anilines is 1. The third kappa shape index (κ3) is 3.47. The molecule has 0 bridgehead atoms. The second-order valence-electron chi connectivity index (χ2n) is 5.84. The van der Waals surface area contributed by atoms with Crippen LogP contribution in [0.2, 0.25) is 0 Å². The lowest BCUT2D eigenvalue weighted by atomic mass is 10.0. The van der Waals surface area contributed by atoms with Crippen molar-refractivity contribution in [3.05, 3.63) is 53.2 Å². The molecular formula is C17H21N5O2. The van der Waals surface area contributed by atoms with E-state index in [9.17, 15) is 4.79 Å². The molecule has 2 aromatic rings. The number of rotatable bonds is 5. The molecule has 7 nitrogen and oxygen atoms in total. The van der Waals surface area contributed by atoms with Gasteiger partial charge in [-0.05, 0) is 43.4 Å². The Morgan fingerprint density at radius 3 is 2.75 bits per heavy atom. The number of nitrogens with two attached hydrogens (primary N) is 2. The van der Waals surface area contributed by atoms with Crippen LogP contribution in [0.4, 0.5) is 10.5 Å². The van der Waals surface area contributed by atoms with E-state index in [4.69, 9.17) is 16.4 Å². The third-order valence-electron chi connectivity index (χ3n) is 4.03. The van der Waals surface area contributed by atoms with Crippen molar-refractivity contribution < 1.29 is 9.53 Å². The number of hydrogen-bond acceptors (Lipinski definition) is 5. The average Bonchev–Trinajstić information content (AvgIpc) is 3.43. The van der Waals surface area contributed by atoms with Gasteiger partial charge in [0.15, 0.2) is 0 Å². The number of nitrogens with one attached hydrogen (secondary N) is 1. The number of carbonyl (C=O) groups is 1. The Bertz CT molecular complexity index is 746. The molecule has 1 fully saturated rings. The van der Waals surface area contributed by atoms with Gasteiger partial charge < -0.3 is 4.74 Å². The van der Waals surface area contributed by atoms with Crippen molar-refractivity contribution in [2.75, 3.05) is 5.01 Å². The minimum absolute atomic E-state index is 0.282. The zero-order valence-electron chi connectivity index (χ0n) is 13.5. The first-order valence-electron chi connectivity index (χ1n) is 7.83. The van der Waals surface area contributed by atoms with Gasteiger partial charge in [0.05, 0.1) is 5.69 Å². The number of nitrogens with zero attached hydrogens (tertiary/aromatic N) is 2. The first-order chi connectivity index (χ1) is 11.6. The van der Waals surface area contributed by atoms with Gasteiger partial charge in [0.25, 0.3) is 0 Å². The molecular weight excluding hydrogens is 306 g/mol. The molecule has 0 saturated heterocycles. The molecule has 0 radical (unpaired) electrons. The molecule has 5 N–H and O–H groups in total. The number of hydrazine groups is 2. The molecule has 0 aliphatic heterocycles. The smallest absolute Gasteiger partial charge is 0.350 e. The van der Waals surface area contributed by atoms with Crippen LogP contribution in [0.3, 0.4) is 0 Å². The summed E-state index contributed by atoms with van der Waals surface area (Å²) in [6, 6.07) is 10.7. The quantitative estimate of drug-likeness (QED) is 0.443. The van der Waals surface area contributed by atoms with Gasteiger partial charge in [0, 0.05) is 17.3 Å². The Balaban J connectivity index is 1.90. The molecule has 1 heterocycles. The number of aromatic nitrogens is 1. The number of benzene rings is 1. The van der Waals surface area contributed by atoms with Crippen LogP contribution in [0.25, 0.3) is 0 Å². The Kier molecular flexibility index (Phi) is 4.64. The van der Waals surface area contributed by atoms with Crippen molar-refractivity contribution in [3.8, 4) is 5.88 Å². The van der Waals surface area contributed by atoms with Crippen molar-refractivity contribution >= 4 is 11.7 Å². The summed E-state index contributed by atoms with van der Waals surface area (Å²) in [6.45, 7) is 2.19. The average molecular weight is 327 g/mol. The van der Waals surface area contributed by atoms with Gasteiger partial charge in [-0.3, -0.25) is 5.43 Å². The minimum atomic E-state index is -0.585. The number of amides is 2. The maximum absolute atomic E-state index is 11.8. The number of urea groups is 1. The largest absolute Gasteiger partial charge is 0.473 e. The summed E-state index contributed by atoms with van der Waals surface area (Å²) in [4.78, 5) is 16.1. The molecule has 7 heteroatoms. The van der Waals surface area contributed by atoms with Crippen LogP contribution in [0, 0.1) is 6.92 Å². The Labute approximate surface area is 140 Å². The van der Waals surface area contributed by atoms with E-state index in [1.165, 1.54) is 0 Å². The highest BCUT2D eigenvalue weighted by molar-refractivity contribution is 5.91. The molecule has 1 saturated carbocycles. The van der Waals surface area contributed by atoms with Gasteiger partial charge in [-0.2, -0.15) is 0 Å². The number of hydrogen-bond donors (Lipinski definition) is 3. The second-order valence-corrected chi connectivity index (χ2v) is 5.84. The van der Waals surface area contributed by atoms with Crippen LogP contribution in [-0.2, 0) is 6.61 Å². The van der Waals surface area contributed by atoms with E-state index in [2.05, 4.69) is 11.1 Å². The summed E-state index contributed by atoms with van der Waals surface area (Å²) in [5.74, 6) is 12.1. The van der Waals surface area contributed by atoms with Crippen LogP contribution in [-0.4, -0.2) is 11.0 Å². The summed E-state index contributed by atoms with van der Waals surface area (Å²) in [5, 5.41) is 1.01. The SMILES string of the molecule is Cc1cccc(OCc2c(C3CC3)cccc2N(N)C(=O)NN)n1. The minimum Gasteiger partial charge on any atom is -0.473 e. The van der Waals surface area contributed by atoms with Gasteiger partial charge >= 0.3 is 6.03 Å². The first kappa shape index (κ1) is 16.2. The van der Waals surface area contributed by atoms with E-state index in [0.29, 0.717) is 17.5 Å². The maximum Gasteiger partial charge on any atom is 0.350 e. The number of carbonyl (C=O) groups excluding carboxylic acids is 1. The van der Waals surface area contributed by atoms with Crippen LogP contribution in [0.15, 0.2) is 36.4 Å². The molecule has 2 amide bonds. The van der Waals surface area contributed by atoms with E-state index in [1.54, 1.807) is 12.1 Å². The molecule has 126 valence electrons. The monoisotopic (exact) mass is 327 g/mol. The van der Waals surface area contributed by atoms with Gasteiger partial charge in [0.2, 0.25) is 5.88 Å². The fourth-order valence-electron chi connectivity index (χ4n) is 2.68. The first-order valence-corrected chi connectivity index (χ1v) is 7.83. The Morgan fingerprint density at radius 2 is 2.08 bits per heavy atom. The van der Waals surface area contributed by atoms with Crippen LogP contribution in [0.1, 0.15) is 35.6 Å². The fourth-order valence-corrected chi connectivity index (χ4v) is 2.68. The van der Waals surface area contributed by atoms with E-state index in [0.717, 1.165) is 34.7 Å². The van der Waals surface area contributed by atoms with E-state index >= 15 is 0 Å². The summed E-state index contributed by atoms with van der Waals surface area (Å²) in [6.07, 6.45) is 2.26. The Morgan fingerprint density at radius 1 is 1.33 bits per heavy atom. The molecule has 1 aliphatic carbocycles. The molecule has 24 heavy (non-hydrogen) atoms. The van der Waals surface area contributed by atoms with Crippen LogP contribution >= 0.6 is 0 Å². The van der Waals surface area contributed by atoms with Crippen molar-refractivity contribution in [3.63, 3.8) is 0 Å². The third-order valence-corrected chi connectivity index (χ3v) is 4.03. The van der Waals surface area contributed by atoms with Gasteiger partial charge in [-0.1, -0.05) is 18.2 Å². The van der Waals surface area contributed by atoms with Crippen LogP contribution in [0.5, 0.6) is 5.88 Å². The van der Waals surface area contributed by atoms with Gasteiger partial charge in [-0.15, -0.1) is 0 Å². The lowest BCUT2D eigenvalue weighted by Crippen LogP contribution is -2.48. The van der Waals surface area contributed by atoms with E-state index < -0.39 is 6.03 Å². The van der Waals surface area contributed by atoms with Crippen LogP contribution < -0.4 is 26.9 Å². The zero-order chi connectivity index (χ0) is 17.1. The molecule has 0 unspecified atom stereocenters. The standard InChI is InChI=1S/C17H21N5O2/c1-11-4-2-7-16(20-11)24-10-14-13(12-8-9-12)5-3-6-15(14)22(19)17(23)21-18/h2-7,12H,8-10,18-19H2,1H3,(H,21,23). The zero-order valence-corrected chi connectivity index (χ0v) is 13.5. The summed E-state index contributed by atoms with van der Waals surface area (Å²) < 4.78 is 5.84. The fraction of sp³-hybridized carbons (Fsp3) is 0.294.